The van der Waals surface area contributed by atoms with E-state index in [2.05, 4.69) is 25.4 Å². The molecular weight excluding hydrogens is 316 g/mol. The molecule has 0 aliphatic carbocycles. The number of anilines is 1. The van der Waals surface area contributed by atoms with E-state index >= 15 is 0 Å². The number of carbonyl (C=O) groups is 1. The van der Waals surface area contributed by atoms with Crippen LogP contribution in [0.1, 0.15) is 10.4 Å². The van der Waals surface area contributed by atoms with Crippen molar-refractivity contribution in [3.8, 4) is 11.4 Å². The number of nitrogens with two attached hydrogens (primary N) is 1. The molecule has 1 aliphatic heterocycles. The first-order chi connectivity index (χ1) is 12.2. The standard InChI is InChI=1S/C18H18N6O/c19-18(25)12-4-5-16(24-9-7-20-8-10-24)13-11-15(22-23-17(12)13)14-3-1-2-6-21-14/h1-6,11,20H,7-10H2,(H2,19,25). The number of pyridine rings is 1. The van der Waals surface area contributed by atoms with Crippen molar-refractivity contribution in [2.45, 2.75) is 0 Å². The van der Waals surface area contributed by atoms with Gasteiger partial charge in [0.2, 0.25) is 0 Å². The minimum absolute atomic E-state index is 0.383. The number of nitrogens with zero attached hydrogens (tertiary/aromatic N) is 4. The lowest BCUT2D eigenvalue weighted by Gasteiger charge is -2.30. The van der Waals surface area contributed by atoms with Gasteiger partial charge in [-0.1, -0.05) is 6.07 Å². The van der Waals surface area contributed by atoms with Crippen LogP contribution in [0, 0.1) is 0 Å². The second-order valence-corrected chi connectivity index (χ2v) is 5.94. The molecule has 1 amide bonds. The summed E-state index contributed by atoms with van der Waals surface area (Å²) >= 11 is 0. The second kappa shape index (κ2) is 6.45. The maximum absolute atomic E-state index is 11.8. The molecule has 1 aromatic carbocycles. The lowest BCUT2D eigenvalue weighted by atomic mass is 10.1. The van der Waals surface area contributed by atoms with Crippen LogP contribution in [-0.2, 0) is 0 Å². The summed E-state index contributed by atoms with van der Waals surface area (Å²) in [7, 11) is 0. The molecule has 0 unspecified atom stereocenters. The molecule has 0 radical (unpaired) electrons. The van der Waals surface area contributed by atoms with Gasteiger partial charge in [-0.15, -0.1) is 10.2 Å². The first-order valence-electron chi connectivity index (χ1n) is 8.21. The van der Waals surface area contributed by atoms with Crippen LogP contribution in [0.25, 0.3) is 22.3 Å². The van der Waals surface area contributed by atoms with Gasteiger partial charge in [-0.25, -0.2) is 0 Å². The molecule has 0 bridgehead atoms. The number of hydrogen-bond donors (Lipinski definition) is 2. The van der Waals surface area contributed by atoms with Gasteiger partial charge in [0, 0.05) is 43.4 Å². The number of primary amides is 1. The van der Waals surface area contributed by atoms with Crippen LogP contribution < -0.4 is 16.0 Å². The summed E-state index contributed by atoms with van der Waals surface area (Å²) < 4.78 is 0. The van der Waals surface area contributed by atoms with Crippen molar-refractivity contribution >= 4 is 22.5 Å². The van der Waals surface area contributed by atoms with Crippen LogP contribution in [0.2, 0.25) is 0 Å². The summed E-state index contributed by atoms with van der Waals surface area (Å²) in [5.74, 6) is -0.503. The maximum Gasteiger partial charge on any atom is 0.250 e. The van der Waals surface area contributed by atoms with Crippen LogP contribution in [0.3, 0.4) is 0 Å². The SMILES string of the molecule is NC(=O)c1ccc(N2CCNCC2)c2cc(-c3ccccn3)nnc12. The summed E-state index contributed by atoms with van der Waals surface area (Å²) in [6, 6.07) is 11.3. The Labute approximate surface area is 144 Å². The van der Waals surface area contributed by atoms with E-state index < -0.39 is 5.91 Å². The smallest absolute Gasteiger partial charge is 0.250 e. The van der Waals surface area contributed by atoms with Gasteiger partial charge < -0.3 is 16.0 Å². The third kappa shape index (κ3) is 2.89. The van der Waals surface area contributed by atoms with Crippen molar-refractivity contribution in [3.63, 3.8) is 0 Å². The largest absolute Gasteiger partial charge is 0.368 e. The van der Waals surface area contributed by atoms with Crippen LogP contribution >= 0.6 is 0 Å². The lowest BCUT2D eigenvalue weighted by Crippen LogP contribution is -2.43. The van der Waals surface area contributed by atoms with E-state index in [1.165, 1.54) is 0 Å². The van der Waals surface area contributed by atoms with Crippen molar-refractivity contribution in [2.75, 3.05) is 31.1 Å². The Morgan fingerprint density at radius 1 is 1.08 bits per heavy atom. The maximum atomic E-state index is 11.8. The first kappa shape index (κ1) is 15.5. The fraction of sp³-hybridized carbons (Fsp3) is 0.222. The molecule has 3 heterocycles. The predicted octanol–water partition coefficient (Wildman–Crippen LogP) is 1.20. The van der Waals surface area contributed by atoms with E-state index in [1.807, 2.05) is 30.3 Å². The highest BCUT2D eigenvalue weighted by molar-refractivity contribution is 6.08. The third-order valence-corrected chi connectivity index (χ3v) is 4.38. The fourth-order valence-corrected chi connectivity index (χ4v) is 3.14. The molecule has 7 nitrogen and oxygen atoms in total. The van der Waals surface area contributed by atoms with Crippen LogP contribution in [-0.4, -0.2) is 47.3 Å². The molecule has 7 heteroatoms. The van der Waals surface area contributed by atoms with E-state index in [1.54, 1.807) is 12.3 Å². The number of fused-ring (bicyclic) bond motifs is 1. The summed E-state index contributed by atoms with van der Waals surface area (Å²) in [4.78, 5) is 18.4. The van der Waals surface area contributed by atoms with Gasteiger partial charge in [-0.05, 0) is 30.3 Å². The van der Waals surface area contributed by atoms with Crippen LogP contribution in [0.4, 0.5) is 5.69 Å². The zero-order valence-electron chi connectivity index (χ0n) is 13.6. The van der Waals surface area contributed by atoms with E-state index in [-0.39, 0.29) is 0 Å². The fourth-order valence-electron chi connectivity index (χ4n) is 3.14. The number of carbonyl (C=O) groups excluding carboxylic acids is 1. The Morgan fingerprint density at radius 2 is 1.92 bits per heavy atom. The molecule has 1 aliphatic rings. The van der Waals surface area contributed by atoms with Gasteiger partial charge in [0.25, 0.3) is 5.91 Å². The number of piperazine rings is 1. The summed E-state index contributed by atoms with van der Waals surface area (Å²) in [6.07, 6.45) is 1.72. The van der Waals surface area contributed by atoms with Crippen molar-refractivity contribution in [1.82, 2.24) is 20.5 Å². The molecule has 0 spiro atoms. The Balaban J connectivity index is 1.91. The molecular formula is C18H18N6O. The average molecular weight is 334 g/mol. The molecule has 2 aromatic heterocycles. The van der Waals surface area contributed by atoms with Crippen molar-refractivity contribution in [1.29, 1.82) is 0 Å². The van der Waals surface area contributed by atoms with Crippen molar-refractivity contribution < 1.29 is 4.79 Å². The van der Waals surface area contributed by atoms with Crippen molar-refractivity contribution in [3.05, 3.63) is 48.2 Å². The first-order valence-corrected chi connectivity index (χ1v) is 8.21. The Hall–Kier alpha value is -3.06. The number of benzene rings is 1. The molecule has 25 heavy (non-hydrogen) atoms. The highest BCUT2D eigenvalue weighted by Crippen LogP contribution is 2.30. The highest BCUT2D eigenvalue weighted by Gasteiger charge is 2.18. The molecule has 3 N–H and O–H groups in total. The molecule has 0 atom stereocenters. The van der Waals surface area contributed by atoms with Crippen LogP contribution in [0.5, 0.6) is 0 Å². The molecule has 0 saturated carbocycles. The average Bonchev–Trinajstić information content (AvgIpc) is 2.68. The van der Waals surface area contributed by atoms with Gasteiger partial charge in [-0.3, -0.25) is 9.78 Å². The number of aromatic nitrogens is 3. The van der Waals surface area contributed by atoms with E-state index in [0.29, 0.717) is 16.8 Å². The molecule has 1 saturated heterocycles. The van der Waals surface area contributed by atoms with E-state index in [4.69, 9.17) is 5.73 Å². The quantitative estimate of drug-likeness (QED) is 0.747. The van der Waals surface area contributed by atoms with Gasteiger partial charge >= 0.3 is 0 Å². The Bertz CT molecular complexity index is 922. The van der Waals surface area contributed by atoms with Crippen molar-refractivity contribution in [2.24, 2.45) is 5.73 Å². The minimum atomic E-state index is -0.503. The van der Waals surface area contributed by atoms with Gasteiger partial charge in [0.1, 0.15) is 11.2 Å². The minimum Gasteiger partial charge on any atom is -0.368 e. The summed E-state index contributed by atoms with van der Waals surface area (Å²) in [5.41, 5.74) is 8.88. The Morgan fingerprint density at radius 3 is 2.64 bits per heavy atom. The summed E-state index contributed by atoms with van der Waals surface area (Å²) in [6.45, 7) is 3.63. The molecule has 1 fully saturated rings. The Kier molecular flexibility index (Phi) is 3.99. The lowest BCUT2D eigenvalue weighted by molar-refractivity contribution is 0.100. The highest BCUT2D eigenvalue weighted by atomic mass is 16.1. The predicted molar refractivity (Wildman–Crippen MR) is 96.4 cm³/mol. The van der Waals surface area contributed by atoms with Crippen LogP contribution in [0.15, 0.2) is 42.6 Å². The molecule has 4 rings (SSSR count). The second-order valence-electron chi connectivity index (χ2n) is 5.94. The van der Waals surface area contributed by atoms with Gasteiger partial charge in [-0.2, -0.15) is 0 Å². The van der Waals surface area contributed by atoms with E-state index in [9.17, 15) is 4.79 Å². The van der Waals surface area contributed by atoms with E-state index in [0.717, 1.165) is 42.9 Å². The van der Waals surface area contributed by atoms with Gasteiger partial charge in [0.05, 0.1) is 11.3 Å². The molecule has 3 aromatic rings. The normalized spacial score (nSPS) is 14.6. The van der Waals surface area contributed by atoms with Gasteiger partial charge in [0.15, 0.2) is 0 Å². The third-order valence-electron chi connectivity index (χ3n) is 4.38. The number of nitrogens with one attached hydrogen (secondary N) is 1. The number of amides is 1. The zero-order valence-corrected chi connectivity index (χ0v) is 13.6. The number of hydrogen-bond acceptors (Lipinski definition) is 6. The molecule has 126 valence electrons. The topological polar surface area (TPSA) is 97.0 Å². The zero-order chi connectivity index (χ0) is 17.2. The number of rotatable bonds is 3. The monoisotopic (exact) mass is 334 g/mol. The summed E-state index contributed by atoms with van der Waals surface area (Å²) in [5, 5.41) is 12.8.